The van der Waals surface area contributed by atoms with Crippen LogP contribution in [0.2, 0.25) is 0 Å². The Bertz CT molecular complexity index is 1780. The zero-order valence-corrected chi connectivity index (χ0v) is 29.5. The number of aromatic nitrogens is 1. The highest BCUT2D eigenvalue weighted by atomic mass is 32.2. The zero-order chi connectivity index (χ0) is 35.8. The summed E-state index contributed by atoms with van der Waals surface area (Å²) in [4.78, 5) is 73.0. The Morgan fingerprint density at radius 2 is 1.76 bits per heavy atom. The third-order valence-electron chi connectivity index (χ3n) is 9.78. The predicted octanol–water partition coefficient (Wildman–Crippen LogP) is 2.34. The molecule has 6 N–H and O–H groups in total. The highest BCUT2D eigenvalue weighted by Crippen LogP contribution is 2.46. The average molecular weight is 710 g/mol. The molecule has 3 fully saturated rings. The van der Waals surface area contributed by atoms with Crippen LogP contribution in [0.5, 0.6) is 0 Å². The summed E-state index contributed by atoms with van der Waals surface area (Å²) in [5, 5.41) is 11.7. The number of para-hydroxylation sites is 1. The molecule has 2 aromatic rings. The number of carbonyl (C=O) groups excluding carboxylic acids is 5. The van der Waals surface area contributed by atoms with Gasteiger partial charge in [0.1, 0.15) is 23.3 Å². The number of benzene rings is 1. The van der Waals surface area contributed by atoms with Crippen molar-refractivity contribution < 1.29 is 32.4 Å². The molecule has 15 heteroatoms. The first-order valence-corrected chi connectivity index (χ1v) is 19.0. The number of rotatable bonds is 6. The van der Waals surface area contributed by atoms with Crippen molar-refractivity contribution in [2.45, 2.75) is 113 Å². The SMILES string of the molecule is CC(C)(C)NC(=O)N[C@H]1CCCCC/C=C\[C@H]2C[C@@]2(C(=O)NS(=O)(=O)C2CC2)NC(=O)[C@@H]2C[C@@H](NC(=O)c3cc4ccccc4[nH]3)CN2C1=O. The summed E-state index contributed by atoms with van der Waals surface area (Å²) in [6, 6.07) is 5.97. The van der Waals surface area contributed by atoms with Gasteiger partial charge in [0, 0.05) is 34.9 Å². The van der Waals surface area contributed by atoms with Crippen LogP contribution in [0.4, 0.5) is 4.79 Å². The van der Waals surface area contributed by atoms with Crippen LogP contribution in [0.1, 0.15) is 89.0 Å². The predicted molar refractivity (Wildman–Crippen MR) is 186 cm³/mol. The summed E-state index contributed by atoms with van der Waals surface area (Å²) in [6.45, 7) is 5.46. The number of H-pyrrole nitrogens is 1. The van der Waals surface area contributed by atoms with Gasteiger partial charge in [-0.3, -0.25) is 23.9 Å². The van der Waals surface area contributed by atoms with Crippen molar-refractivity contribution >= 4 is 50.6 Å². The number of sulfonamides is 1. The average Bonchev–Trinajstić information content (AvgIpc) is 3.92. The number of allylic oxidation sites excluding steroid dienone is 1. The topological polar surface area (TPSA) is 199 Å². The van der Waals surface area contributed by atoms with E-state index in [2.05, 4.69) is 31.0 Å². The van der Waals surface area contributed by atoms with Gasteiger partial charge in [0.25, 0.3) is 11.8 Å². The highest BCUT2D eigenvalue weighted by Gasteiger charge is 2.62. The first-order valence-electron chi connectivity index (χ1n) is 17.5. The number of nitrogens with one attached hydrogen (secondary N) is 6. The lowest BCUT2D eigenvalue weighted by Crippen LogP contribution is -2.59. The van der Waals surface area contributed by atoms with Crippen molar-refractivity contribution in [2.75, 3.05) is 6.54 Å². The number of carbonyl (C=O) groups is 5. The van der Waals surface area contributed by atoms with Crippen molar-refractivity contribution in [3.05, 3.63) is 48.2 Å². The molecule has 2 saturated carbocycles. The first kappa shape index (κ1) is 35.4. The van der Waals surface area contributed by atoms with E-state index in [4.69, 9.17) is 0 Å². The molecule has 1 aromatic carbocycles. The fourth-order valence-corrected chi connectivity index (χ4v) is 8.26. The lowest BCUT2D eigenvalue weighted by atomic mass is 10.0. The van der Waals surface area contributed by atoms with Gasteiger partial charge in [-0.15, -0.1) is 0 Å². The Balaban J connectivity index is 1.27. The maximum atomic E-state index is 14.3. The number of urea groups is 1. The monoisotopic (exact) mass is 709 g/mol. The van der Waals surface area contributed by atoms with Gasteiger partial charge >= 0.3 is 6.03 Å². The molecular weight excluding hydrogens is 662 g/mol. The Hall–Kier alpha value is -4.40. The number of hydrogen-bond acceptors (Lipinski definition) is 7. The minimum Gasteiger partial charge on any atom is -0.351 e. The molecule has 0 spiro atoms. The van der Waals surface area contributed by atoms with Gasteiger partial charge in [0.2, 0.25) is 21.8 Å². The Morgan fingerprint density at radius 3 is 2.48 bits per heavy atom. The van der Waals surface area contributed by atoms with Gasteiger partial charge in [0.15, 0.2) is 0 Å². The van der Waals surface area contributed by atoms with Crippen molar-refractivity contribution in [1.29, 1.82) is 0 Å². The summed E-state index contributed by atoms with van der Waals surface area (Å²) < 4.78 is 27.7. The number of hydrogen-bond donors (Lipinski definition) is 6. The number of fused-ring (bicyclic) bond motifs is 3. The molecule has 3 heterocycles. The van der Waals surface area contributed by atoms with Crippen molar-refractivity contribution in [3.63, 3.8) is 0 Å². The molecule has 0 radical (unpaired) electrons. The van der Waals surface area contributed by atoms with Gasteiger partial charge in [0.05, 0.1) is 5.25 Å². The van der Waals surface area contributed by atoms with Gasteiger partial charge < -0.3 is 31.2 Å². The smallest absolute Gasteiger partial charge is 0.315 e. The Morgan fingerprint density at radius 1 is 1.00 bits per heavy atom. The summed E-state index contributed by atoms with van der Waals surface area (Å²) >= 11 is 0. The molecule has 6 amide bonds. The van der Waals surface area contributed by atoms with Crippen LogP contribution in [0.3, 0.4) is 0 Å². The van der Waals surface area contributed by atoms with E-state index in [-0.39, 0.29) is 19.4 Å². The van der Waals surface area contributed by atoms with E-state index in [9.17, 15) is 32.4 Å². The van der Waals surface area contributed by atoms with Crippen LogP contribution in [-0.4, -0.2) is 89.0 Å². The van der Waals surface area contributed by atoms with Crippen molar-refractivity contribution in [2.24, 2.45) is 5.92 Å². The minimum atomic E-state index is -3.88. The number of aromatic amines is 1. The van der Waals surface area contributed by atoms with Gasteiger partial charge in [-0.1, -0.05) is 43.2 Å². The molecule has 5 atom stereocenters. The third kappa shape index (κ3) is 7.98. The zero-order valence-electron chi connectivity index (χ0n) is 28.7. The molecule has 2 aliphatic carbocycles. The summed E-state index contributed by atoms with van der Waals surface area (Å²) in [6.07, 6.45) is 8.24. The minimum absolute atomic E-state index is 0.0133. The largest absolute Gasteiger partial charge is 0.351 e. The number of nitrogens with zero attached hydrogens (tertiary/aromatic N) is 1. The van der Waals surface area contributed by atoms with E-state index in [0.717, 1.165) is 23.7 Å². The van der Waals surface area contributed by atoms with Gasteiger partial charge in [-0.05, 0) is 77.8 Å². The van der Waals surface area contributed by atoms with E-state index in [1.165, 1.54) is 4.90 Å². The van der Waals surface area contributed by atoms with Crippen LogP contribution in [0, 0.1) is 5.92 Å². The molecule has 6 rings (SSSR count). The van der Waals surface area contributed by atoms with Crippen molar-refractivity contribution in [1.82, 2.24) is 35.9 Å². The molecule has 1 saturated heterocycles. The molecule has 2 aliphatic heterocycles. The maximum absolute atomic E-state index is 14.3. The normalized spacial score (nSPS) is 28.3. The van der Waals surface area contributed by atoms with Crippen LogP contribution >= 0.6 is 0 Å². The van der Waals surface area contributed by atoms with Crippen molar-refractivity contribution in [3.8, 4) is 0 Å². The van der Waals surface area contributed by atoms with E-state index in [0.29, 0.717) is 37.8 Å². The second kappa shape index (κ2) is 13.7. The van der Waals surface area contributed by atoms with Crippen LogP contribution in [0.25, 0.3) is 10.9 Å². The van der Waals surface area contributed by atoms with E-state index in [1.54, 1.807) is 6.07 Å². The molecule has 0 unspecified atom stereocenters. The van der Waals surface area contributed by atoms with Gasteiger partial charge in [-0.2, -0.15) is 0 Å². The van der Waals surface area contributed by atoms with E-state index >= 15 is 0 Å². The lowest BCUT2D eigenvalue weighted by molar-refractivity contribution is -0.141. The second-order valence-corrected chi connectivity index (χ2v) is 17.1. The molecule has 270 valence electrons. The van der Waals surface area contributed by atoms with Crippen LogP contribution in [-0.2, 0) is 24.4 Å². The fraction of sp³-hybridized carbons (Fsp3) is 0.571. The second-order valence-electron chi connectivity index (χ2n) is 15.1. The Kier molecular flexibility index (Phi) is 9.72. The summed E-state index contributed by atoms with van der Waals surface area (Å²) in [7, 11) is -3.88. The molecule has 50 heavy (non-hydrogen) atoms. The molecular formula is C35H47N7O7S. The number of amides is 6. The highest BCUT2D eigenvalue weighted by molar-refractivity contribution is 7.91. The quantitative estimate of drug-likeness (QED) is 0.247. The van der Waals surface area contributed by atoms with E-state index in [1.807, 2.05) is 57.2 Å². The van der Waals surface area contributed by atoms with Gasteiger partial charge in [-0.25, -0.2) is 13.2 Å². The standard InChI is InChI=1S/C35H47N7O7S/c1-34(2,3)40-33(47)38-26-14-8-6-4-5-7-12-22-19-35(22,32(46)41-50(48,49)24-15-16-24)39-30(44)28-18-23(20-42(28)31(26)45)36-29(43)27-17-21-11-9-10-13-25(21)37-27/h7,9-13,17,22-24,26,28,37H,4-6,8,14-16,18-20H2,1-3H3,(H,36,43)(H,39,44)(H,41,46)(H2,38,40,47)/b12-7-/t22-,23+,26-,28-,35+/m0/s1. The fourth-order valence-electron chi connectivity index (χ4n) is 6.90. The molecule has 1 aromatic heterocycles. The molecule has 4 aliphatic rings. The molecule has 0 bridgehead atoms. The first-order chi connectivity index (χ1) is 23.6. The maximum Gasteiger partial charge on any atom is 0.315 e. The lowest BCUT2D eigenvalue weighted by Gasteiger charge is -2.31. The third-order valence-corrected chi connectivity index (χ3v) is 11.6. The summed E-state index contributed by atoms with van der Waals surface area (Å²) in [5.41, 5.74) is -0.949. The van der Waals surface area contributed by atoms with E-state index < -0.39 is 80.1 Å². The molecule has 14 nitrogen and oxygen atoms in total. The Labute approximate surface area is 292 Å². The van der Waals surface area contributed by atoms with Crippen LogP contribution < -0.4 is 26.0 Å². The summed E-state index contributed by atoms with van der Waals surface area (Å²) in [5.74, 6) is -2.75. The van der Waals surface area contributed by atoms with Crippen LogP contribution in [0.15, 0.2) is 42.5 Å².